The molecule has 1 aromatic rings. The van der Waals surface area contributed by atoms with E-state index in [9.17, 15) is 4.79 Å². The summed E-state index contributed by atoms with van der Waals surface area (Å²) in [5, 5.41) is 12.2. The second-order valence-corrected chi connectivity index (χ2v) is 7.00. The van der Waals surface area contributed by atoms with Crippen LogP contribution in [0.25, 0.3) is 0 Å². The molecule has 1 aromatic carbocycles. The van der Waals surface area contributed by atoms with E-state index in [4.69, 9.17) is 15.7 Å². The van der Waals surface area contributed by atoms with E-state index < -0.39 is 5.72 Å². The summed E-state index contributed by atoms with van der Waals surface area (Å²) in [7, 11) is 0. The van der Waals surface area contributed by atoms with Gasteiger partial charge in [-0.3, -0.25) is 4.79 Å². The normalized spacial score (nSPS) is 32.4. The van der Waals surface area contributed by atoms with E-state index in [-0.39, 0.29) is 23.7 Å². The number of benzene rings is 1. The molecule has 6 heteroatoms. The highest BCUT2D eigenvalue weighted by molar-refractivity contribution is 5.99. The predicted molar refractivity (Wildman–Crippen MR) is 83.9 cm³/mol. The van der Waals surface area contributed by atoms with Crippen molar-refractivity contribution in [3.63, 3.8) is 0 Å². The lowest BCUT2D eigenvalue weighted by Crippen LogP contribution is -2.46. The molecule has 1 aliphatic carbocycles. The van der Waals surface area contributed by atoms with Gasteiger partial charge in [-0.05, 0) is 17.9 Å². The lowest BCUT2D eigenvalue weighted by molar-refractivity contribution is -0.142. The summed E-state index contributed by atoms with van der Waals surface area (Å²) in [6.45, 7) is 4.81. The van der Waals surface area contributed by atoms with Crippen molar-refractivity contribution in [3.05, 3.63) is 34.9 Å². The summed E-state index contributed by atoms with van der Waals surface area (Å²) >= 11 is 0. The number of carbonyl (C=O) groups excluding carboxylic acids is 1. The Morgan fingerprint density at radius 2 is 2.26 bits per heavy atom. The Labute approximate surface area is 134 Å². The van der Waals surface area contributed by atoms with E-state index >= 15 is 0 Å². The Hall–Kier alpha value is -2.08. The number of rotatable bonds is 2. The lowest BCUT2D eigenvalue weighted by Gasteiger charge is -2.35. The molecule has 2 heterocycles. The zero-order valence-electron chi connectivity index (χ0n) is 13.3. The van der Waals surface area contributed by atoms with Crippen molar-refractivity contribution in [1.82, 2.24) is 4.90 Å². The van der Waals surface area contributed by atoms with Crippen LogP contribution in [0, 0.1) is 11.8 Å². The maximum atomic E-state index is 12.6. The van der Waals surface area contributed by atoms with Crippen LogP contribution in [-0.2, 0) is 21.7 Å². The first-order valence-corrected chi connectivity index (χ1v) is 8.07. The van der Waals surface area contributed by atoms with Gasteiger partial charge in [-0.15, -0.1) is 0 Å². The first kappa shape index (κ1) is 14.5. The summed E-state index contributed by atoms with van der Waals surface area (Å²) in [4.78, 5) is 14.6. The summed E-state index contributed by atoms with van der Waals surface area (Å²) in [6, 6.07) is 5.85. The van der Waals surface area contributed by atoms with Crippen molar-refractivity contribution in [2.24, 2.45) is 22.7 Å². The monoisotopic (exact) mass is 315 g/mol. The van der Waals surface area contributed by atoms with Crippen LogP contribution in [0.3, 0.4) is 0 Å². The van der Waals surface area contributed by atoms with Crippen LogP contribution in [0.1, 0.15) is 37.0 Å². The van der Waals surface area contributed by atoms with E-state index in [1.54, 1.807) is 0 Å². The molecular weight excluding hydrogens is 294 g/mol. The van der Waals surface area contributed by atoms with Gasteiger partial charge in [-0.2, -0.15) is 0 Å². The van der Waals surface area contributed by atoms with Gasteiger partial charge in [0.15, 0.2) is 11.6 Å². The third-order valence-electron chi connectivity index (χ3n) is 5.57. The Morgan fingerprint density at radius 1 is 1.48 bits per heavy atom. The Balaban J connectivity index is 1.89. The number of hydrogen-bond acceptors (Lipinski definition) is 4. The van der Waals surface area contributed by atoms with Crippen LogP contribution in [0.2, 0.25) is 0 Å². The predicted octanol–water partition coefficient (Wildman–Crippen LogP) is 1.39. The second kappa shape index (κ2) is 4.71. The zero-order valence-corrected chi connectivity index (χ0v) is 13.3. The maximum absolute atomic E-state index is 12.6. The van der Waals surface area contributed by atoms with Gasteiger partial charge in [-0.25, -0.2) is 0 Å². The molecule has 0 bridgehead atoms. The largest absolute Gasteiger partial charge is 0.409 e. The van der Waals surface area contributed by atoms with Gasteiger partial charge in [0.2, 0.25) is 5.91 Å². The van der Waals surface area contributed by atoms with Crippen LogP contribution in [-0.4, -0.2) is 34.5 Å². The van der Waals surface area contributed by atoms with Crippen molar-refractivity contribution < 1.29 is 14.7 Å². The minimum atomic E-state index is -0.660. The molecule has 2 aliphatic heterocycles. The number of nitrogens with zero attached hydrogens (tertiary/aromatic N) is 2. The van der Waals surface area contributed by atoms with Crippen molar-refractivity contribution in [1.29, 1.82) is 0 Å². The van der Waals surface area contributed by atoms with Crippen LogP contribution in [0.5, 0.6) is 0 Å². The van der Waals surface area contributed by atoms with Crippen LogP contribution in [0.15, 0.2) is 23.4 Å². The number of amidine groups is 1. The number of carbonyl (C=O) groups is 1. The smallest absolute Gasteiger partial charge is 0.225 e. The molecule has 2 fully saturated rings. The molecule has 0 aromatic heterocycles. The van der Waals surface area contributed by atoms with Gasteiger partial charge >= 0.3 is 0 Å². The minimum absolute atomic E-state index is 0.0985. The maximum Gasteiger partial charge on any atom is 0.225 e. The highest BCUT2D eigenvalue weighted by atomic mass is 16.5. The molecule has 2 saturated heterocycles. The summed E-state index contributed by atoms with van der Waals surface area (Å²) in [5.74, 6) is 0.718. The quantitative estimate of drug-likeness (QED) is 0.374. The Kier molecular flexibility index (Phi) is 2.97. The van der Waals surface area contributed by atoms with Gasteiger partial charge in [0, 0.05) is 23.5 Å². The number of hydrogen-bond donors (Lipinski definition) is 2. The van der Waals surface area contributed by atoms with Gasteiger partial charge < -0.3 is 20.6 Å². The molecule has 4 rings (SSSR count). The standard InChI is InChI=1S/C17H21N3O3/c1-9(2)14-8-23-17-10(7-15(21)20(14)17)6-12-11(16(18)19-22)4-3-5-13(12)17/h3-5,9-10,14,22H,6-8H2,1-2H3,(H2,18,19)/t10?,14-,17+/m0/s1. The first-order chi connectivity index (χ1) is 11.0. The number of amides is 1. The molecule has 0 saturated carbocycles. The topological polar surface area (TPSA) is 88.1 Å². The van der Waals surface area contributed by atoms with E-state index in [1.165, 1.54) is 0 Å². The van der Waals surface area contributed by atoms with E-state index in [1.807, 2.05) is 23.1 Å². The Bertz CT molecular complexity index is 715. The molecule has 1 spiro atoms. The molecule has 23 heavy (non-hydrogen) atoms. The van der Waals surface area contributed by atoms with Crippen molar-refractivity contribution in [2.75, 3.05) is 6.61 Å². The summed E-state index contributed by atoms with van der Waals surface area (Å²) in [5.41, 5.74) is 7.95. The number of fused-ring (bicyclic) bond motifs is 1. The molecular formula is C17H21N3O3. The zero-order chi connectivity index (χ0) is 16.4. The second-order valence-electron chi connectivity index (χ2n) is 7.00. The SMILES string of the molecule is CC(C)[C@@H]1CO[C@@]23c4cccc(/C(N)=N/O)c4CC2CC(=O)N13. The van der Waals surface area contributed by atoms with Gasteiger partial charge in [0.25, 0.3) is 0 Å². The average molecular weight is 315 g/mol. The van der Waals surface area contributed by atoms with Crippen molar-refractivity contribution in [2.45, 2.75) is 38.5 Å². The molecule has 0 radical (unpaired) electrons. The summed E-state index contributed by atoms with van der Waals surface area (Å²) in [6.07, 6.45) is 1.21. The van der Waals surface area contributed by atoms with Crippen molar-refractivity contribution >= 4 is 11.7 Å². The fourth-order valence-electron chi connectivity index (χ4n) is 4.55. The molecule has 3 N–H and O–H groups in total. The summed E-state index contributed by atoms with van der Waals surface area (Å²) < 4.78 is 6.29. The molecule has 3 aliphatic rings. The van der Waals surface area contributed by atoms with Gasteiger partial charge in [0.05, 0.1) is 12.6 Å². The Morgan fingerprint density at radius 3 is 2.96 bits per heavy atom. The number of oxime groups is 1. The minimum Gasteiger partial charge on any atom is -0.409 e. The fraction of sp³-hybridized carbons (Fsp3) is 0.529. The third kappa shape index (κ3) is 1.67. The van der Waals surface area contributed by atoms with E-state index in [0.29, 0.717) is 18.9 Å². The molecule has 1 amide bonds. The third-order valence-corrected chi connectivity index (χ3v) is 5.57. The molecule has 122 valence electrons. The molecule has 3 atom stereocenters. The van der Waals surface area contributed by atoms with Gasteiger partial charge in [-0.1, -0.05) is 37.2 Å². The first-order valence-electron chi connectivity index (χ1n) is 8.07. The van der Waals surface area contributed by atoms with E-state index in [0.717, 1.165) is 23.1 Å². The van der Waals surface area contributed by atoms with Gasteiger partial charge in [0.1, 0.15) is 0 Å². The lowest BCUT2D eigenvalue weighted by atomic mass is 9.96. The molecule has 1 unspecified atom stereocenters. The van der Waals surface area contributed by atoms with Crippen molar-refractivity contribution in [3.8, 4) is 0 Å². The van der Waals surface area contributed by atoms with Crippen LogP contribution < -0.4 is 5.73 Å². The fourth-order valence-corrected chi connectivity index (χ4v) is 4.55. The van der Waals surface area contributed by atoms with Crippen LogP contribution in [0.4, 0.5) is 0 Å². The number of nitrogens with two attached hydrogens (primary N) is 1. The van der Waals surface area contributed by atoms with E-state index in [2.05, 4.69) is 19.0 Å². The van der Waals surface area contributed by atoms with Crippen LogP contribution >= 0.6 is 0 Å². The molecule has 6 nitrogen and oxygen atoms in total. The highest BCUT2D eigenvalue weighted by Crippen LogP contribution is 2.57. The average Bonchev–Trinajstić information content (AvgIpc) is 3.14. The number of ether oxygens (including phenoxy) is 1. The highest BCUT2D eigenvalue weighted by Gasteiger charge is 2.64.